The molecular weight excluding hydrogens is 386 g/mol. The van der Waals surface area contributed by atoms with E-state index < -0.39 is 17.6 Å². The fourth-order valence-electron chi connectivity index (χ4n) is 4.55. The zero-order chi connectivity index (χ0) is 21.3. The van der Waals surface area contributed by atoms with E-state index in [2.05, 4.69) is 5.16 Å². The summed E-state index contributed by atoms with van der Waals surface area (Å²) in [6.45, 7) is 2.21. The van der Waals surface area contributed by atoms with Crippen LogP contribution in [0.3, 0.4) is 0 Å². The molecule has 3 aliphatic rings. The van der Waals surface area contributed by atoms with E-state index >= 15 is 0 Å². The first-order valence-electron chi connectivity index (χ1n) is 10.6. The van der Waals surface area contributed by atoms with E-state index in [1.54, 1.807) is 14.0 Å². The number of carbonyl (C=O) groups excluding carboxylic acids is 2. The summed E-state index contributed by atoms with van der Waals surface area (Å²) in [7, 11) is 1.62. The predicted molar refractivity (Wildman–Crippen MR) is 110 cm³/mol. The Morgan fingerprint density at radius 3 is 2.67 bits per heavy atom. The molecule has 8 nitrogen and oxygen atoms in total. The Bertz CT molecular complexity index is 864. The first kappa shape index (κ1) is 20.5. The highest BCUT2D eigenvalue weighted by atomic mass is 16.7. The summed E-state index contributed by atoms with van der Waals surface area (Å²) in [4.78, 5) is 32.0. The number of nitrogens with two attached hydrogens (primary N) is 1. The van der Waals surface area contributed by atoms with Crippen molar-refractivity contribution in [1.82, 2.24) is 4.90 Å². The first-order valence-corrected chi connectivity index (χ1v) is 10.6. The number of hydrogen-bond acceptors (Lipinski definition) is 6. The van der Waals surface area contributed by atoms with E-state index in [1.165, 1.54) is 17.7 Å². The summed E-state index contributed by atoms with van der Waals surface area (Å²) < 4.78 is 11.6. The average molecular weight is 415 g/mol. The van der Waals surface area contributed by atoms with Gasteiger partial charge in [0.1, 0.15) is 6.04 Å². The van der Waals surface area contributed by atoms with Crippen molar-refractivity contribution in [1.29, 1.82) is 0 Å². The van der Waals surface area contributed by atoms with Gasteiger partial charge < -0.3 is 24.9 Å². The molecule has 4 rings (SSSR count). The van der Waals surface area contributed by atoms with E-state index in [4.69, 9.17) is 20.0 Å². The maximum Gasteiger partial charge on any atom is 0.270 e. The molecule has 2 aliphatic heterocycles. The first-order chi connectivity index (χ1) is 14.4. The molecule has 1 aromatic rings. The van der Waals surface area contributed by atoms with Crippen molar-refractivity contribution in [2.24, 2.45) is 10.9 Å². The van der Waals surface area contributed by atoms with Crippen LogP contribution < -0.4 is 15.2 Å². The minimum Gasteiger partial charge on any atom is -0.493 e. The Hall–Kier alpha value is -2.77. The lowest BCUT2D eigenvalue weighted by Gasteiger charge is -2.29. The van der Waals surface area contributed by atoms with Gasteiger partial charge in [0.2, 0.25) is 11.5 Å². The van der Waals surface area contributed by atoms with Gasteiger partial charge in [-0.05, 0) is 63.6 Å². The molecule has 2 amide bonds. The van der Waals surface area contributed by atoms with Crippen molar-refractivity contribution in [3.05, 3.63) is 23.8 Å². The third-order valence-electron chi connectivity index (χ3n) is 6.25. The number of carbonyl (C=O) groups is 2. The molecule has 2 fully saturated rings. The number of ether oxygens (including phenoxy) is 2. The third-order valence-corrected chi connectivity index (χ3v) is 6.25. The predicted octanol–water partition coefficient (Wildman–Crippen LogP) is 2.38. The zero-order valence-corrected chi connectivity index (χ0v) is 17.6. The molecule has 1 aromatic carbocycles. The SMILES string of the molecule is COc1ccc(C2=NOC(C)(C(=O)N3CCCC3C(N)=O)C2)cc1OC1CCCC1. The number of methoxy groups -OCH3 is 1. The van der Waals surface area contributed by atoms with Crippen LogP contribution in [0.25, 0.3) is 0 Å². The lowest BCUT2D eigenvalue weighted by Crippen LogP contribution is -2.52. The average Bonchev–Trinajstić information content (AvgIpc) is 3.48. The van der Waals surface area contributed by atoms with E-state index in [9.17, 15) is 9.59 Å². The van der Waals surface area contributed by atoms with Crippen molar-refractivity contribution in [2.75, 3.05) is 13.7 Å². The molecule has 2 atom stereocenters. The molecule has 0 spiro atoms. The van der Waals surface area contributed by atoms with E-state index in [-0.39, 0.29) is 12.0 Å². The van der Waals surface area contributed by atoms with Crippen LogP contribution in [0.5, 0.6) is 11.5 Å². The fourth-order valence-corrected chi connectivity index (χ4v) is 4.55. The summed E-state index contributed by atoms with van der Waals surface area (Å²) in [6, 6.07) is 5.07. The fraction of sp³-hybridized carbons (Fsp3) is 0.591. The second-order valence-corrected chi connectivity index (χ2v) is 8.49. The lowest BCUT2D eigenvalue weighted by molar-refractivity contribution is -0.156. The maximum absolute atomic E-state index is 13.1. The third kappa shape index (κ3) is 3.82. The summed E-state index contributed by atoms with van der Waals surface area (Å²) in [5, 5.41) is 4.21. The molecule has 2 N–H and O–H groups in total. The number of likely N-dealkylation sites (tertiary alicyclic amines) is 1. The van der Waals surface area contributed by atoms with Crippen LogP contribution in [0.2, 0.25) is 0 Å². The highest BCUT2D eigenvalue weighted by Crippen LogP contribution is 2.36. The standard InChI is InChI=1S/C22H29N3O5/c1-22(21(27)25-11-5-8-17(25)20(23)26)13-16(24-30-22)14-9-10-18(28-2)19(12-14)29-15-6-3-4-7-15/h9-10,12,15,17H,3-8,11,13H2,1-2H3,(H2,23,26). The van der Waals surface area contributed by atoms with Gasteiger partial charge in [0.15, 0.2) is 11.5 Å². The van der Waals surface area contributed by atoms with Gasteiger partial charge in [0.25, 0.3) is 5.91 Å². The lowest BCUT2D eigenvalue weighted by atomic mass is 9.94. The molecule has 1 aliphatic carbocycles. The van der Waals surface area contributed by atoms with Gasteiger partial charge >= 0.3 is 0 Å². The Morgan fingerprint density at radius 1 is 1.20 bits per heavy atom. The van der Waals surface area contributed by atoms with Crippen LogP contribution in [0.4, 0.5) is 0 Å². The van der Waals surface area contributed by atoms with Gasteiger partial charge in [-0.15, -0.1) is 0 Å². The number of rotatable bonds is 6. The second-order valence-electron chi connectivity index (χ2n) is 8.49. The topological polar surface area (TPSA) is 103 Å². The quantitative estimate of drug-likeness (QED) is 0.768. The Morgan fingerprint density at radius 2 is 1.97 bits per heavy atom. The number of amides is 2. The van der Waals surface area contributed by atoms with Crippen LogP contribution in [0.1, 0.15) is 57.4 Å². The van der Waals surface area contributed by atoms with Crippen molar-refractivity contribution >= 4 is 17.5 Å². The normalized spacial score (nSPS) is 26.4. The molecule has 2 unspecified atom stereocenters. The van der Waals surface area contributed by atoms with Crippen LogP contribution in [-0.2, 0) is 14.4 Å². The molecule has 0 radical (unpaired) electrons. The molecule has 30 heavy (non-hydrogen) atoms. The molecule has 1 saturated carbocycles. The van der Waals surface area contributed by atoms with Crippen LogP contribution in [0, 0.1) is 0 Å². The second kappa shape index (κ2) is 8.16. The minimum atomic E-state index is -1.15. The summed E-state index contributed by atoms with van der Waals surface area (Å²) in [5.74, 6) is 0.620. The number of benzene rings is 1. The van der Waals surface area contributed by atoms with Gasteiger partial charge in [-0.25, -0.2) is 0 Å². The van der Waals surface area contributed by atoms with Crippen LogP contribution in [0.15, 0.2) is 23.4 Å². The van der Waals surface area contributed by atoms with Gasteiger partial charge in [0.05, 0.1) is 18.9 Å². The number of oxime groups is 1. The number of nitrogens with zero attached hydrogens (tertiary/aromatic N) is 2. The Balaban J connectivity index is 1.50. The van der Waals surface area contributed by atoms with Crippen molar-refractivity contribution in [2.45, 2.75) is 69.6 Å². The van der Waals surface area contributed by atoms with Gasteiger partial charge in [-0.1, -0.05) is 5.16 Å². The van der Waals surface area contributed by atoms with Crippen LogP contribution in [-0.4, -0.2) is 53.8 Å². The number of hydrogen-bond donors (Lipinski definition) is 1. The minimum absolute atomic E-state index is 0.198. The van der Waals surface area contributed by atoms with Crippen molar-refractivity contribution < 1.29 is 23.9 Å². The van der Waals surface area contributed by atoms with Crippen LogP contribution >= 0.6 is 0 Å². The summed E-state index contributed by atoms with van der Waals surface area (Å²) in [5.41, 5.74) is 5.81. The summed E-state index contributed by atoms with van der Waals surface area (Å²) in [6.07, 6.45) is 6.29. The number of primary amides is 1. The highest BCUT2D eigenvalue weighted by molar-refractivity contribution is 6.06. The Kier molecular flexibility index (Phi) is 5.58. The molecule has 8 heteroatoms. The van der Waals surface area contributed by atoms with Gasteiger partial charge in [-0.3, -0.25) is 9.59 Å². The monoisotopic (exact) mass is 415 g/mol. The zero-order valence-electron chi connectivity index (χ0n) is 17.6. The molecule has 0 bridgehead atoms. The molecular formula is C22H29N3O5. The van der Waals surface area contributed by atoms with Crippen molar-refractivity contribution in [3.8, 4) is 11.5 Å². The van der Waals surface area contributed by atoms with E-state index in [0.29, 0.717) is 36.6 Å². The smallest absolute Gasteiger partial charge is 0.270 e. The van der Waals surface area contributed by atoms with E-state index in [0.717, 1.165) is 24.8 Å². The molecule has 1 saturated heterocycles. The highest BCUT2D eigenvalue weighted by Gasteiger charge is 2.48. The van der Waals surface area contributed by atoms with E-state index in [1.807, 2.05) is 18.2 Å². The molecule has 162 valence electrons. The largest absolute Gasteiger partial charge is 0.493 e. The van der Waals surface area contributed by atoms with Crippen molar-refractivity contribution in [3.63, 3.8) is 0 Å². The van der Waals surface area contributed by atoms with Gasteiger partial charge in [-0.2, -0.15) is 0 Å². The summed E-state index contributed by atoms with van der Waals surface area (Å²) >= 11 is 0. The maximum atomic E-state index is 13.1. The molecule has 2 heterocycles. The van der Waals surface area contributed by atoms with Gasteiger partial charge in [0, 0.05) is 18.5 Å². The molecule has 0 aromatic heterocycles. The Labute approximate surface area is 176 Å².